The summed E-state index contributed by atoms with van der Waals surface area (Å²) in [6.07, 6.45) is 49.4. The van der Waals surface area contributed by atoms with Crippen LogP contribution >= 0.6 is 0 Å². The highest BCUT2D eigenvalue weighted by Crippen LogP contribution is 2.28. The molecule has 0 amide bonds. The van der Waals surface area contributed by atoms with E-state index in [9.17, 15) is 19.2 Å². The van der Waals surface area contributed by atoms with Crippen LogP contribution in [-0.4, -0.2) is 61.5 Å². The van der Waals surface area contributed by atoms with Crippen LogP contribution in [-0.2, 0) is 42.9 Å². The maximum atomic E-state index is 13.5. The summed E-state index contributed by atoms with van der Waals surface area (Å²) in [5.74, 6) is -1.46. The fourth-order valence-corrected chi connectivity index (χ4v) is 10.0. The number of unbranched alkanes of at least 4 members (excludes halogenated alkanes) is 40. The van der Waals surface area contributed by atoms with Gasteiger partial charge in [-0.15, -0.1) is 0 Å². The molecule has 1 rings (SSSR count). The molecule has 0 aromatic carbocycles. The first-order valence-corrected chi connectivity index (χ1v) is 31.2. The lowest BCUT2D eigenvalue weighted by Crippen LogP contribution is -2.47. The smallest absolute Gasteiger partial charge is 0.306 e. The molecule has 1 heterocycles. The second-order valence-electron chi connectivity index (χ2n) is 21.6. The van der Waals surface area contributed by atoms with Gasteiger partial charge in [-0.05, 0) is 25.7 Å². The molecule has 1 aliphatic rings. The van der Waals surface area contributed by atoms with Crippen LogP contribution in [0.1, 0.15) is 336 Å². The second-order valence-corrected chi connectivity index (χ2v) is 21.6. The summed E-state index contributed by atoms with van der Waals surface area (Å²) in [5, 5.41) is 0. The van der Waals surface area contributed by atoms with Crippen molar-refractivity contribution >= 4 is 23.9 Å². The Bertz CT molecular complexity index is 1210. The van der Waals surface area contributed by atoms with Crippen molar-refractivity contribution in [1.82, 2.24) is 0 Å². The number of hydrogen-bond acceptors (Lipinski definition) is 9. The first-order chi connectivity index (χ1) is 34.9. The van der Waals surface area contributed by atoms with E-state index in [0.29, 0.717) is 19.3 Å². The number of carbonyl (C=O) groups is 4. The molecule has 0 unspecified atom stereocenters. The maximum absolute atomic E-state index is 13.5. The number of ether oxygens (including phenoxy) is 5. The van der Waals surface area contributed by atoms with Crippen LogP contribution in [0.5, 0.6) is 0 Å². The predicted molar refractivity (Wildman–Crippen MR) is 295 cm³/mol. The lowest BCUT2D eigenvalue weighted by molar-refractivity contribution is -0.179. The van der Waals surface area contributed by atoms with Gasteiger partial charge in [0.2, 0.25) is 0 Å². The van der Waals surface area contributed by atoms with Crippen molar-refractivity contribution in [2.24, 2.45) is 0 Å². The van der Waals surface area contributed by atoms with E-state index in [1.807, 2.05) is 0 Å². The summed E-state index contributed by atoms with van der Waals surface area (Å²) in [6, 6.07) is 0. The van der Waals surface area contributed by atoms with Gasteiger partial charge < -0.3 is 23.7 Å². The zero-order valence-corrected chi connectivity index (χ0v) is 47.3. The van der Waals surface area contributed by atoms with Crippen LogP contribution in [0.25, 0.3) is 0 Å². The van der Waals surface area contributed by atoms with Gasteiger partial charge in [-0.2, -0.15) is 0 Å². The van der Waals surface area contributed by atoms with E-state index in [-0.39, 0.29) is 56.4 Å². The number of rotatable bonds is 54. The van der Waals surface area contributed by atoms with Crippen LogP contribution in [0.4, 0.5) is 0 Å². The van der Waals surface area contributed by atoms with Gasteiger partial charge in [0.1, 0.15) is 12.7 Å². The average molecular weight is 1010 g/mol. The highest BCUT2D eigenvalue weighted by atomic mass is 16.7. The first-order valence-electron chi connectivity index (χ1n) is 31.2. The molecule has 1 fully saturated rings. The minimum Gasteiger partial charge on any atom is -0.462 e. The Balaban J connectivity index is 2.89. The topological polar surface area (TPSA) is 114 Å². The Morgan fingerprint density at radius 3 is 0.944 bits per heavy atom. The summed E-state index contributed by atoms with van der Waals surface area (Å²) in [5.41, 5.74) is 0. The molecule has 9 heteroatoms. The van der Waals surface area contributed by atoms with Crippen LogP contribution in [0.3, 0.4) is 0 Å². The van der Waals surface area contributed by atoms with Gasteiger partial charge in [-0.25, -0.2) is 0 Å². The molecule has 9 nitrogen and oxygen atoms in total. The van der Waals surface area contributed by atoms with E-state index >= 15 is 0 Å². The third-order valence-corrected chi connectivity index (χ3v) is 14.7. The maximum Gasteiger partial charge on any atom is 0.306 e. The van der Waals surface area contributed by atoms with Gasteiger partial charge >= 0.3 is 23.9 Å². The number of esters is 4. The summed E-state index contributed by atoms with van der Waals surface area (Å²) in [6.45, 7) is 8.79. The van der Waals surface area contributed by atoms with Gasteiger partial charge in [-0.1, -0.05) is 285 Å². The van der Waals surface area contributed by atoms with Crippen LogP contribution in [0, 0.1) is 0 Å². The molecule has 0 aliphatic carbocycles. The fraction of sp³-hybridized carbons (Fsp3) is 0.935. The minimum absolute atomic E-state index is 0.00436. The molecule has 1 saturated heterocycles. The highest BCUT2D eigenvalue weighted by molar-refractivity contribution is 5.71. The zero-order chi connectivity index (χ0) is 51.5. The molecule has 0 saturated carbocycles. The monoisotopic (exact) mass is 1000 g/mol. The van der Waals surface area contributed by atoms with Gasteiger partial charge in [0.05, 0.1) is 6.61 Å². The van der Waals surface area contributed by atoms with Crippen molar-refractivity contribution in [1.29, 1.82) is 0 Å². The molecule has 418 valence electrons. The molecule has 0 aromatic heterocycles. The van der Waals surface area contributed by atoms with E-state index in [1.54, 1.807) is 0 Å². The molecule has 4 atom stereocenters. The quantitative estimate of drug-likeness (QED) is 0.0334. The summed E-state index contributed by atoms with van der Waals surface area (Å²) in [7, 11) is 0. The van der Waals surface area contributed by atoms with E-state index in [2.05, 4.69) is 27.7 Å². The van der Waals surface area contributed by atoms with Gasteiger partial charge in [-0.3, -0.25) is 19.2 Å². The lowest BCUT2D eigenvalue weighted by atomic mass is 10.0. The Labute approximate surface area is 438 Å². The Hall–Kier alpha value is -2.16. The Morgan fingerprint density at radius 2 is 0.620 bits per heavy atom. The molecule has 0 aromatic rings. The van der Waals surface area contributed by atoms with E-state index in [4.69, 9.17) is 23.7 Å². The van der Waals surface area contributed by atoms with E-state index < -0.39 is 24.4 Å². The van der Waals surface area contributed by atoms with E-state index in [0.717, 1.165) is 64.2 Å². The van der Waals surface area contributed by atoms with Crippen molar-refractivity contribution in [3.05, 3.63) is 0 Å². The number of hydrogen-bond donors (Lipinski definition) is 0. The molecular formula is C62H116O9. The third kappa shape index (κ3) is 41.8. The van der Waals surface area contributed by atoms with Crippen LogP contribution in [0.2, 0.25) is 0 Å². The Morgan fingerprint density at radius 1 is 0.352 bits per heavy atom. The summed E-state index contributed by atoms with van der Waals surface area (Å²) >= 11 is 0. The molecule has 0 spiro atoms. The van der Waals surface area contributed by atoms with Crippen LogP contribution < -0.4 is 0 Å². The van der Waals surface area contributed by atoms with Gasteiger partial charge in [0, 0.05) is 25.7 Å². The standard InChI is InChI=1S/C62H116O9/c1-5-9-13-17-21-25-29-33-37-41-45-49-57(63)67-53-55(69-58(64)50-46-42-38-34-30-26-22-18-14-10-6-2)61-62(71-60(66)52-48-44-40-36-32-28-24-20-16-12-8-4)56(54-68-61)70-59(65)51-47-43-39-35-31-27-23-19-15-11-7-3/h55-56,61-62H,5-54H2,1-4H3/t55-,56+,61-,62-/m1/s1. The number of carbonyl (C=O) groups excluding carboxylic acids is 4. The first kappa shape index (κ1) is 66.9. The predicted octanol–water partition coefficient (Wildman–Crippen LogP) is 18.5. The van der Waals surface area contributed by atoms with Crippen molar-refractivity contribution in [2.45, 2.75) is 360 Å². The summed E-state index contributed by atoms with van der Waals surface area (Å²) in [4.78, 5) is 53.5. The summed E-state index contributed by atoms with van der Waals surface area (Å²) < 4.78 is 30.3. The fourth-order valence-electron chi connectivity index (χ4n) is 10.0. The molecule has 71 heavy (non-hydrogen) atoms. The Kier molecular flexibility index (Phi) is 48.3. The van der Waals surface area contributed by atoms with Gasteiger partial charge in [0.15, 0.2) is 18.3 Å². The van der Waals surface area contributed by atoms with E-state index in [1.165, 1.54) is 205 Å². The van der Waals surface area contributed by atoms with Crippen molar-refractivity contribution in [2.75, 3.05) is 13.2 Å². The zero-order valence-electron chi connectivity index (χ0n) is 47.3. The largest absolute Gasteiger partial charge is 0.462 e. The minimum atomic E-state index is -1.01. The molecule has 1 aliphatic heterocycles. The molecular weight excluding hydrogens is 889 g/mol. The van der Waals surface area contributed by atoms with Crippen molar-refractivity contribution in [3.63, 3.8) is 0 Å². The SMILES string of the molecule is CCCCCCCCCCCCCC(=O)OC[C@@H](OC(=O)CCCCCCCCCCCCC)[C@H]1OC[C@H](OC(=O)CCCCCCCCCCCCC)[C@H]1OC(=O)CCCCCCCCCCCCC. The van der Waals surface area contributed by atoms with Crippen molar-refractivity contribution in [3.8, 4) is 0 Å². The molecule has 0 bridgehead atoms. The highest BCUT2D eigenvalue weighted by Gasteiger charge is 2.48. The molecule has 0 N–H and O–H groups in total. The van der Waals surface area contributed by atoms with Gasteiger partial charge in [0.25, 0.3) is 0 Å². The average Bonchev–Trinajstić information content (AvgIpc) is 3.74. The lowest BCUT2D eigenvalue weighted by Gasteiger charge is -2.28. The normalized spacial score (nSPS) is 16.0. The molecule has 0 radical (unpaired) electrons. The van der Waals surface area contributed by atoms with Crippen LogP contribution in [0.15, 0.2) is 0 Å². The second kappa shape index (κ2) is 51.3. The third-order valence-electron chi connectivity index (χ3n) is 14.7. The van der Waals surface area contributed by atoms with Crippen molar-refractivity contribution < 1.29 is 42.9 Å².